The van der Waals surface area contributed by atoms with Crippen LogP contribution in [0.25, 0.3) is 11.2 Å². The minimum Gasteiger partial charge on any atom is -0.329 e. The highest BCUT2D eigenvalue weighted by Crippen LogP contribution is 2.07. The molecule has 17 heavy (non-hydrogen) atoms. The van der Waals surface area contributed by atoms with Crippen molar-refractivity contribution < 1.29 is 0 Å². The molecule has 0 spiro atoms. The summed E-state index contributed by atoms with van der Waals surface area (Å²) in [5, 5.41) is 0. The molecule has 0 aliphatic heterocycles. The van der Waals surface area contributed by atoms with Gasteiger partial charge in [0.25, 0.3) is 5.56 Å². The molecule has 0 bridgehead atoms. The predicted molar refractivity (Wildman–Crippen MR) is 64.0 cm³/mol. The summed E-state index contributed by atoms with van der Waals surface area (Å²) in [5.74, 6) is 0.692. The third-order valence-corrected chi connectivity index (χ3v) is 2.94. The Balaban J connectivity index is 3.01. The molecule has 0 saturated carbocycles. The van der Waals surface area contributed by atoms with E-state index in [4.69, 9.17) is 5.73 Å². The van der Waals surface area contributed by atoms with Crippen molar-refractivity contribution in [2.45, 2.75) is 13.5 Å². The van der Waals surface area contributed by atoms with E-state index in [1.54, 1.807) is 25.6 Å². The highest BCUT2D eigenvalue weighted by atomic mass is 16.2. The van der Waals surface area contributed by atoms with E-state index in [0.717, 1.165) is 4.57 Å². The fourth-order valence-electron chi connectivity index (χ4n) is 1.88. The second kappa shape index (κ2) is 3.85. The second-order valence-corrected chi connectivity index (χ2v) is 3.98. The van der Waals surface area contributed by atoms with Gasteiger partial charge in [-0.15, -0.1) is 0 Å². The second-order valence-electron chi connectivity index (χ2n) is 3.98. The predicted octanol–water partition coefficient (Wildman–Crippen LogP) is -1.30. The molecular formula is C10H15N5O2. The molecule has 2 N–H and O–H groups in total. The van der Waals surface area contributed by atoms with Gasteiger partial charge in [-0.1, -0.05) is 0 Å². The number of fused-ring (bicyclic) bond motifs is 1. The van der Waals surface area contributed by atoms with Crippen LogP contribution in [0.3, 0.4) is 0 Å². The summed E-state index contributed by atoms with van der Waals surface area (Å²) < 4.78 is 4.20. The Morgan fingerprint density at radius 1 is 1.24 bits per heavy atom. The zero-order chi connectivity index (χ0) is 12.7. The molecule has 0 amide bonds. The van der Waals surface area contributed by atoms with Crippen LogP contribution in [-0.2, 0) is 20.6 Å². The smallest absolute Gasteiger partial charge is 0.329 e. The summed E-state index contributed by atoms with van der Waals surface area (Å²) in [6, 6.07) is 0. The molecule has 0 atom stereocenters. The molecular weight excluding hydrogens is 222 g/mol. The number of hydrogen-bond donors (Lipinski definition) is 1. The van der Waals surface area contributed by atoms with Gasteiger partial charge in [0.1, 0.15) is 5.82 Å². The fraction of sp³-hybridized carbons (Fsp3) is 0.500. The van der Waals surface area contributed by atoms with E-state index >= 15 is 0 Å². The SMILES string of the molecule is Cc1nc2c(c(=O)n(CCN)c(=O)n2C)n1C. The van der Waals surface area contributed by atoms with Gasteiger partial charge in [0.05, 0.1) is 0 Å². The summed E-state index contributed by atoms with van der Waals surface area (Å²) in [6.07, 6.45) is 0. The van der Waals surface area contributed by atoms with Gasteiger partial charge in [-0.25, -0.2) is 9.78 Å². The van der Waals surface area contributed by atoms with Gasteiger partial charge in [-0.05, 0) is 6.92 Å². The van der Waals surface area contributed by atoms with Gasteiger partial charge in [0.2, 0.25) is 0 Å². The average molecular weight is 237 g/mol. The highest BCUT2D eigenvalue weighted by molar-refractivity contribution is 5.70. The van der Waals surface area contributed by atoms with Gasteiger partial charge in [0, 0.05) is 27.2 Å². The molecule has 92 valence electrons. The lowest BCUT2D eigenvalue weighted by Gasteiger charge is -2.06. The summed E-state index contributed by atoms with van der Waals surface area (Å²) in [5.41, 5.74) is 5.52. The quantitative estimate of drug-likeness (QED) is 0.703. The van der Waals surface area contributed by atoms with Crippen molar-refractivity contribution in [3.63, 3.8) is 0 Å². The van der Waals surface area contributed by atoms with Crippen LogP contribution in [0.1, 0.15) is 5.82 Å². The van der Waals surface area contributed by atoms with Crippen molar-refractivity contribution in [2.75, 3.05) is 6.54 Å². The van der Waals surface area contributed by atoms with E-state index in [2.05, 4.69) is 4.98 Å². The highest BCUT2D eigenvalue weighted by Gasteiger charge is 2.15. The van der Waals surface area contributed by atoms with Crippen molar-refractivity contribution >= 4 is 11.2 Å². The summed E-state index contributed by atoms with van der Waals surface area (Å²) in [4.78, 5) is 28.3. The molecule has 0 aromatic carbocycles. The third-order valence-electron chi connectivity index (χ3n) is 2.94. The number of nitrogens with zero attached hydrogens (tertiary/aromatic N) is 4. The largest absolute Gasteiger partial charge is 0.332 e. The monoisotopic (exact) mass is 237 g/mol. The molecule has 7 heteroatoms. The summed E-state index contributed by atoms with van der Waals surface area (Å²) >= 11 is 0. The van der Waals surface area contributed by atoms with Gasteiger partial charge >= 0.3 is 5.69 Å². The van der Waals surface area contributed by atoms with E-state index in [-0.39, 0.29) is 24.3 Å². The summed E-state index contributed by atoms with van der Waals surface area (Å²) in [7, 11) is 3.35. The van der Waals surface area contributed by atoms with E-state index in [9.17, 15) is 9.59 Å². The van der Waals surface area contributed by atoms with Crippen LogP contribution in [0.15, 0.2) is 9.59 Å². The number of rotatable bonds is 2. The minimum atomic E-state index is -0.383. The van der Waals surface area contributed by atoms with Crippen LogP contribution < -0.4 is 17.0 Å². The maximum Gasteiger partial charge on any atom is 0.332 e. The van der Waals surface area contributed by atoms with Crippen LogP contribution in [0.2, 0.25) is 0 Å². The first kappa shape index (κ1) is 11.6. The molecule has 0 saturated heterocycles. The molecule has 0 aliphatic rings. The Morgan fingerprint density at radius 3 is 2.47 bits per heavy atom. The molecule has 0 aliphatic carbocycles. The van der Waals surface area contributed by atoms with Crippen LogP contribution in [-0.4, -0.2) is 25.2 Å². The topological polar surface area (TPSA) is 87.8 Å². The van der Waals surface area contributed by atoms with Crippen molar-refractivity contribution in [3.8, 4) is 0 Å². The van der Waals surface area contributed by atoms with Gasteiger partial charge in [0.15, 0.2) is 11.2 Å². The zero-order valence-corrected chi connectivity index (χ0v) is 10.1. The van der Waals surface area contributed by atoms with Gasteiger partial charge in [-0.3, -0.25) is 13.9 Å². The normalized spacial score (nSPS) is 11.3. The molecule has 0 unspecified atom stereocenters. The summed E-state index contributed by atoms with van der Waals surface area (Å²) in [6.45, 7) is 2.25. The Kier molecular flexibility index (Phi) is 2.62. The standard InChI is InChI=1S/C10H15N5O2/c1-6-12-8-7(13(6)2)9(16)15(5-4-11)10(17)14(8)3/h4-5,11H2,1-3H3. The van der Waals surface area contributed by atoms with E-state index in [1.165, 1.54) is 4.57 Å². The molecule has 2 rings (SSSR count). The first-order valence-electron chi connectivity index (χ1n) is 5.32. The first-order valence-corrected chi connectivity index (χ1v) is 5.32. The number of nitrogens with two attached hydrogens (primary N) is 1. The van der Waals surface area contributed by atoms with Crippen LogP contribution in [0.4, 0.5) is 0 Å². The molecule has 7 nitrogen and oxygen atoms in total. The number of hydrogen-bond acceptors (Lipinski definition) is 4. The molecule has 2 aromatic rings. The first-order chi connectivity index (χ1) is 7.99. The Morgan fingerprint density at radius 2 is 1.88 bits per heavy atom. The maximum absolute atomic E-state index is 12.2. The van der Waals surface area contributed by atoms with E-state index in [0.29, 0.717) is 17.0 Å². The number of aromatic nitrogens is 4. The third kappa shape index (κ3) is 1.50. The van der Waals surface area contributed by atoms with Crippen molar-refractivity contribution in [1.29, 1.82) is 0 Å². The van der Waals surface area contributed by atoms with Crippen LogP contribution >= 0.6 is 0 Å². The van der Waals surface area contributed by atoms with E-state index in [1.807, 2.05) is 0 Å². The lowest BCUT2D eigenvalue weighted by Crippen LogP contribution is -2.41. The Hall–Kier alpha value is -1.89. The van der Waals surface area contributed by atoms with Crippen molar-refractivity contribution in [2.24, 2.45) is 19.8 Å². The number of aryl methyl sites for hydroxylation is 3. The molecule has 2 aromatic heterocycles. The van der Waals surface area contributed by atoms with Gasteiger partial charge in [-0.2, -0.15) is 0 Å². The van der Waals surface area contributed by atoms with Gasteiger partial charge < -0.3 is 10.3 Å². The Labute approximate surface area is 97.1 Å². The average Bonchev–Trinajstić information content (AvgIpc) is 2.59. The minimum absolute atomic E-state index is 0.214. The van der Waals surface area contributed by atoms with E-state index < -0.39 is 0 Å². The van der Waals surface area contributed by atoms with Crippen molar-refractivity contribution in [1.82, 2.24) is 18.7 Å². The lowest BCUT2D eigenvalue weighted by molar-refractivity contribution is 0.609. The molecule has 2 heterocycles. The zero-order valence-electron chi connectivity index (χ0n) is 10.1. The fourth-order valence-corrected chi connectivity index (χ4v) is 1.88. The maximum atomic E-state index is 12.2. The van der Waals surface area contributed by atoms with Crippen LogP contribution in [0, 0.1) is 6.92 Å². The van der Waals surface area contributed by atoms with Crippen LogP contribution in [0.5, 0.6) is 0 Å². The lowest BCUT2D eigenvalue weighted by atomic mass is 10.5. The molecule has 0 radical (unpaired) electrons. The Bertz CT molecular complexity index is 691. The molecule has 0 fully saturated rings. The van der Waals surface area contributed by atoms with Crippen molar-refractivity contribution in [3.05, 3.63) is 26.7 Å². The number of imidazole rings is 1.